The van der Waals surface area contributed by atoms with Gasteiger partial charge in [-0.1, -0.05) is 30.9 Å². The molecule has 0 atom stereocenters. The third-order valence-corrected chi connectivity index (χ3v) is 4.74. The van der Waals surface area contributed by atoms with Gasteiger partial charge in [-0.05, 0) is 43.2 Å². The zero-order valence-corrected chi connectivity index (χ0v) is 14.6. The van der Waals surface area contributed by atoms with Gasteiger partial charge in [0.05, 0.1) is 22.4 Å². The topological polar surface area (TPSA) is 71.5 Å². The number of ether oxygens (including phenoxy) is 1. The summed E-state index contributed by atoms with van der Waals surface area (Å²) in [5.41, 5.74) is -0.494. The molecule has 1 saturated carbocycles. The van der Waals surface area contributed by atoms with E-state index in [0.717, 1.165) is 19.3 Å². The molecule has 0 unspecified atom stereocenters. The Morgan fingerprint density at radius 3 is 2.76 bits per heavy atom. The standard InChI is InChI=1S/C19H21ClN2O3/c20-17-7-6-14(25-15-5-4-10-21-12-15)11-16(17)18(23)22-13-19(24)8-2-1-3-9-19/h4-7,10-12,24H,1-3,8-9,13H2,(H,22,23). The molecule has 0 bridgehead atoms. The van der Waals surface area contributed by atoms with Crippen molar-refractivity contribution in [2.24, 2.45) is 0 Å². The van der Waals surface area contributed by atoms with Crippen LogP contribution in [0.2, 0.25) is 5.02 Å². The van der Waals surface area contributed by atoms with Crippen LogP contribution in [-0.4, -0.2) is 28.1 Å². The number of rotatable bonds is 5. The second kappa shape index (κ2) is 7.85. The minimum atomic E-state index is -0.815. The zero-order chi connectivity index (χ0) is 17.7. The Morgan fingerprint density at radius 2 is 2.04 bits per heavy atom. The number of carbonyl (C=O) groups is 1. The Bertz CT molecular complexity index is 731. The zero-order valence-electron chi connectivity index (χ0n) is 13.9. The number of benzene rings is 1. The van der Waals surface area contributed by atoms with Crippen molar-refractivity contribution in [3.05, 3.63) is 53.3 Å². The summed E-state index contributed by atoms with van der Waals surface area (Å²) in [6.45, 7) is 0.232. The van der Waals surface area contributed by atoms with E-state index in [-0.39, 0.29) is 12.5 Å². The molecule has 0 spiro atoms. The number of aromatic nitrogens is 1. The molecule has 1 aliphatic rings. The number of hydrogen-bond acceptors (Lipinski definition) is 4. The second-order valence-corrected chi connectivity index (χ2v) is 6.81. The van der Waals surface area contributed by atoms with Gasteiger partial charge in [-0.3, -0.25) is 9.78 Å². The molecule has 1 fully saturated rings. The maximum atomic E-state index is 12.5. The summed E-state index contributed by atoms with van der Waals surface area (Å²) in [6.07, 6.45) is 7.78. The highest BCUT2D eigenvalue weighted by atomic mass is 35.5. The third-order valence-electron chi connectivity index (χ3n) is 4.41. The van der Waals surface area contributed by atoms with Crippen molar-refractivity contribution in [2.75, 3.05) is 6.54 Å². The fraction of sp³-hybridized carbons (Fsp3) is 0.368. The third kappa shape index (κ3) is 4.71. The molecule has 0 radical (unpaired) electrons. The monoisotopic (exact) mass is 360 g/mol. The molecule has 5 nitrogen and oxygen atoms in total. The fourth-order valence-corrected chi connectivity index (χ4v) is 3.22. The molecule has 1 aromatic carbocycles. The lowest BCUT2D eigenvalue weighted by Gasteiger charge is -2.32. The van der Waals surface area contributed by atoms with Crippen LogP contribution in [0.1, 0.15) is 42.5 Å². The van der Waals surface area contributed by atoms with Gasteiger partial charge < -0.3 is 15.2 Å². The Balaban J connectivity index is 1.68. The SMILES string of the molecule is O=C(NCC1(O)CCCCC1)c1cc(Oc2cccnc2)ccc1Cl. The van der Waals surface area contributed by atoms with E-state index < -0.39 is 5.60 Å². The van der Waals surface area contributed by atoms with Gasteiger partial charge in [0.1, 0.15) is 11.5 Å². The predicted octanol–water partition coefficient (Wildman–Crippen LogP) is 3.95. The quantitative estimate of drug-likeness (QED) is 0.846. The molecule has 1 heterocycles. The van der Waals surface area contributed by atoms with E-state index in [9.17, 15) is 9.90 Å². The lowest BCUT2D eigenvalue weighted by atomic mass is 9.85. The predicted molar refractivity (Wildman–Crippen MR) is 96.1 cm³/mol. The van der Waals surface area contributed by atoms with Crippen LogP contribution in [0.15, 0.2) is 42.7 Å². The lowest BCUT2D eigenvalue weighted by Crippen LogP contribution is -2.44. The van der Waals surface area contributed by atoms with E-state index in [4.69, 9.17) is 16.3 Å². The maximum Gasteiger partial charge on any atom is 0.253 e. The van der Waals surface area contributed by atoms with Gasteiger partial charge in [0.2, 0.25) is 0 Å². The second-order valence-electron chi connectivity index (χ2n) is 6.40. The molecule has 0 aliphatic heterocycles. The Hall–Kier alpha value is -2.11. The van der Waals surface area contributed by atoms with E-state index in [0.29, 0.717) is 34.9 Å². The van der Waals surface area contributed by atoms with Crippen LogP contribution in [0.5, 0.6) is 11.5 Å². The minimum absolute atomic E-state index is 0.232. The molecule has 1 aliphatic carbocycles. The highest BCUT2D eigenvalue weighted by Gasteiger charge is 2.29. The number of aliphatic hydroxyl groups is 1. The minimum Gasteiger partial charge on any atom is -0.456 e. The Labute approximate surface area is 152 Å². The van der Waals surface area contributed by atoms with Crippen LogP contribution >= 0.6 is 11.6 Å². The van der Waals surface area contributed by atoms with Gasteiger partial charge in [0, 0.05) is 12.7 Å². The first-order valence-electron chi connectivity index (χ1n) is 8.44. The van der Waals surface area contributed by atoms with Crippen molar-refractivity contribution in [3.63, 3.8) is 0 Å². The van der Waals surface area contributed by atoms with Crippen molar-refractivity contribution in [2.45, 2.75) is 37.7 Å². The first-order chi connectivity index (χ1) is 12.1. The van der Waals surface area contributed by atoms with Gasteiger partial charge in [-0.25, -0.2) is 0 Å². The van der Waals surface area contributed by atoms with Gasteiger partial charge >= 0.3 is 0 Å². The van der Waals surface area contributed by atoms with Crippen molar-refractivity contribution in [1.29, 1.82) is 0 Å². The average Bonchev–Trinajstić information content (AvgIpc) is 2.63. The summed E-state index contributed by atoms with van der Waals surface area (Å²) < 4.78 is 5.69. The first kappa shape index (κ1) is 17.7. The van der Waals surface area contributed by atoms with Gasteiger partial charge in [0.15, 0.2) is 0 Å². The molecule has 1 amide bonds. The molecule has 0 saturated heterocycles. The van der Waals surface area contributed by atoms with E-state index in [1.54, 1.807) is 42.7 Å². The molecule has 2 aromatic rings. The summed E-state index contributed by atoms with van der Waals surface area (Å²) in [7, 11) is 0. The Kier molecular flexibility index (Phi) is 5.56. The average molecular weight is 361 g/mol. The smallest absolute Gasteiger partial charge is 0.253 e. The van der Waals surface area contributed by atoms with E-state index >= 15 is 0 Å². The number of halogens is 1. The van der Waals surface area contributed by atoms with E-state index in [1.807, 2.05) is 0 Å². The number of hydrogen-bond donors (Lipinski definition) is 2. The van der Waals surface area contributed by atoms with Crippen LogP contribution < -0.4 is 10.1 Å². The summed E-state index contributed by atoms with van der Waals surface area (Å²) in [5.74, 6) is 0.757. The summed E-state index contributed by atoms with van der Waals surface area (Å²) >= 11 is 6.16. The van der Waals surface area contributed by atoms with Crippen molar-refractivity contribution in [1.82, 2.24) is 10.3 Å². The lowest BCUT2D eigenvalue weighted by molar-refractivity contribution is 0.00526. The fourth-order valence-electron chi connectivity index (χ4n) is 3.01. The maximum absolute atomic E-state index is 12.5. The molecule has 132 valence electrons. The molecular formula is C19H21ClN2O3. The van der Waals surface area contributed by atoms with Gasteiger partial charge in [-0.15, -0.1) is 0 Å². The largest absolute Gasteiger partial charge is 0.456 e. The summed E-state index contributed by atoms with van der Waals surface area (Å²) in [6, 6.07) is 8.46. The molecular weight excluding hydrogens is 340 g/mol. The Morgan fingerprint density at radius 1 is 1.24 bits per heavy atom. The van der Waals surface area contributed by atoms with Crippen molar-refractivity contribution < 1.29 is 14.6 Å². The van der Waals surface area contributed by atoms with Crippen LogP contribution in [0.25, 0.3) is 0 Å². The highest BCUT2D eigenvalue weighted by molar-refractivity contribution is 6.33. The summed E-state index contributed by atoms with van der Waals surface area (Å²) in [5, 5.41) is 13.6. The normalized spacial score (nSPS) is 16.2. The summed E-state index contributed by atoms with van der Waals surface area (Å²) in [4.78, 5) is 16.5. The van der Waals surface area contributed by atoms with Crippen molar-refractivity contribution in [3.8, 4) is 11.5 Å². The van der Waals surface area contributed by atoms with Gasteiger partial charge in [0.25, 0.3) is 5.91 Å². The van der Waals surface area contributed by atoms with Crippen LogP contribution in [0.4, 0.5) is 0 Å². The molecule has 6 heteroatoms. The number of nitrogens with zero attached hydrogens (tertiary/aromatic N) is 1. The molecule has 25 heavy (non-hydrogen) atoms. The molecule has 3 rings (SSSR count). The molecule has 1 aromatic heterocycles. The molecule has 2 N–H and O–H groups in total. The van der Waals surface area contributed by atoms with Crippen molar-refractivity contribution >= 4 is 17.5 Å². The van der Waals surface area contributed by atoms with Crippen LogP contribution in [0, 0.1) is 0 Å². The van der Waals surface area contributed by atoms with Gasteiger partial charge in [-0.2, -0.15) is 0 Å². The number of nitrogens with one attached hydrogen (secondary N) is 1. The number of carbonyl (C=O) groups excluding carboxylic acids is 1. The van der Waals surface area contributed by atoms with Crippen LogP contribution in [-0.2, 0) is 0 Å². The van der Waals surface area contributed by atoms with E-state index in [2.05, 4.69) is 10.3 Å². The van der Waals surface area contributed by atoms with Crippen LogP contribution in [0.3, 0.4) is 0 Å². The number of amides is 1. The highest BCUT2D eigenvalue weighted by Crippen LogP contribution is 2.28. The first-order valence-corrected chi connectivity index (χ1v) is 8.82. The van der Waals surface area contributed by atoms with E-state index in [1.165, 1.54) is 0 Å². The number of pyridine rings is 1.